The number of aliphatic carboxylic acids is 1. The van der Waals surface area contributed by atoms with Crippen molar-refractivity contribution in [2.24, 2.45) is 0 Å². The second-order valence-corrected chi connectivity index (χ2v) is 3.09. The lowest BCUT2D eigenvalue weighted by Crippen LogP contribution is -2.21. The Balaban J connectivity index is 2.65. The quantitative estimate of drug-likeness (QED) is 0.764. The van der Waals surface area contributed by atoms with Gasteiger partial charge < -0.3 is 5.11 Å². The number of aromatic nitrogens is 2. The maximum Gasteiger partial charge on any atom is 0.308 e. The summed E-state index contributed by atoms with van der Waals surface area (Å²) in [5.41, 5.74) is 0.367. The predicted molar refractivity (Wildman–Crippen MR) is 52.8 cm³/mol. The lowest BCUT2D eigenvalue weighted by Gasteiger charge is -2.00. The van der Waals surface area contributed by atoms with Gasteiger partial charge in [0, 0.05) is 18.0 Å². The molecule has 0 aliphatic rings. The van der Waals surface area contributed by atoms with Gasteiger partial charge in [0.2, 0.25) is 0 Å². The Morgan fingerprint density at radius 3 is 3.00 bits per heavy atom. The maximum absolute atomic E-state index is 11.7. The Labute approximate surface area is 84.6 Å². The number of carboxylic acid groups (broad SMARTS) is 1. The fraction of sp³-hybridized carbons (Fsp3) is 0.100. The minimum absolute atomic E-state index is 0.186. The van der Waals surface area contributed by atoms with E-state index in [9.17, 15) is 9.59 Å². The minimum Gasteiger partial charge on any atom is -0.481 e. The van der Waals surface area contributed by atoms with Crippen molar-refractivity contribution in [2.75, 3.05) is 0 Å². The predicted octanol–water partition coefficient (Wildman–Crippen LogP) is 0.322. The zero-order valence-electron chi connectivity index (χ0n) is 7.75. The van der Waals surface area contributed by atoms with Crippen LogP contribution in [0.15, 0.2) is 35.4 Å². The number of rotatable bonds is 2. The summed E-state index contributed by atoms with van der Waals surface area (Å²) >= 11 is 0. The third-order valence-corrected chi connectivity index (χ3v) is 2.03. The number of hydrogen-bond donors (Lipinski definition) is 1. The van der Waals surface area contributed by atoms with E-state index < -0.39 is 5.97 Å². The minimum atomic E-state index is -1.04. The van der Waals surface area contributed by atoms with E-state index in [0.717, 1.165) is 0 Å². The van der Waals surface area contributed by atoms with E-state index in [4.69, 9.17) is 5.11 Å². The average molecular weight is 204 g/mol. The number of nitrogens with zero attached hydrogens (tertiary/aromatic N) is 2. The molecule has 0 bridgehead atoms. The van der Waals surface area contributed by atoms with Gasteiger partial charge in [-0.05, 0) is 12.1 Å². The Hall–Kier alpha value is -2.17. The lowest BCUT2D eigenvalue weighted by atomic mass is 10.2. The molecule has 0 aliphatic carbocycles. The summed E-state index contributed by atoms with van der Waals surface area (Å²) in [5, 5.41) is 8.59. The molecule has 0 fully saturated rings. The molecule has 15 heavy (non-hydrogen) atoms. The normalized spacial score (nSPS) is 10.4. The SMILES string of the molecule is O=C(O)Cc1cnc2ccccn2c1=O. The molecule has 0 saturated heterocycles. The summed E-state index contributed by atoms with van der Waals surface area (Å²) in [6.45, 7) is 0. The van der Waals surface area contributed by atoms with Gasteiger partial charge in [-0.1, -0.05) is 6.07 Å². The first-order valence-electron chi connectivity index (χ1n) is 4.35. The average Bonchev–Trinajstić information content (AvgIpc) is 2.22. The van der Waals surface area contributed by atoms with Gasteiger partial charge in [-0.25, -0.2) is 4.98 Å². The molecule has 0 spiro atoms. The molecule has 2 aromatic rings. The molecule has 0 aromatic carbocycles. The highest BCUT2D eigenvalue weighted by atomic mass is 16.4. The van der Waals surface area contributed by atoms with Gasteiger partial charge >= 0.3 is 5.97 Å². The van der Waals surface area contributed by atoms with E-state index in [-0.39, 0.29) is 17.5 Å². The molecule has 5 heteroatoms. The van der Waals surface area contributed by atoms with Crippen molar-refractivity contribution < 1.29 is 9.90 Å². The van der Waals surface area contributed by atoms with Crippen molar-refractivity contribution in [3.05, 3.63) is 46.5 Å². The molecule has 0 aliphatic heterocycles. The van der Waals surface area contributed by atoms with Crippen LogP contribution < -0.4 is 5.56 Å². The molecular formula is C10H8N2O3. The molecule has 0 amide bonds. The fourth-order valence-electron chi connectivity index (χ4n) is 1.35. The van der Waals surface area contributed by atoms with Crippen LogP contribution in [0.3, 0.4) is 0 Å². The fourth-order valence-corrected chi connectivity index (χ4v) is 1.35. The standard InChI is InChI=1S/C10H8N2O3/c13-9(14)5-7-6-11-8-3-1-2-4-12(8)10(7)15/h1-4,6H,5H2,(H,13,14). The lowest BCUT2D eigenvalue weighted by molar-refractivity contribution is -0.136. The number of carboxylic acids is 1. The Kier molecular flexibility index (Phi) is 2.21. The van der Waals surface area contributed by atoms with Crippen LogP contribution in [0.2, 0.25) is 0 Å². The second kappa shape index (κ2) is 3.53. The van der Waals surface area contributed by atoms with E-state index in [1.807, 2.05) is 0 Å². The first-order chi connectivity index (χ1) is 7.18. The molecule has 1 N–H and O–H groups in total. The third-order valence-electron chi connectivity index (χ3n) is 2.03. The highest BCUT2D eigenvalue weighted by Gasteiger charge is 2.07. The molecule has 2 rings (SSSR count). The van der Waals surface area contributed by atoms with Crippen LogP contribution in [0.1, 0.15) is 5.56 Å². The van der Waals surface area contributed by atoms with Crippen LogP contribution in [0.5, 0.6) is 0 Å². The summed E-state index contributed by atoms with van der Waals surface area (Å²) < 4.78 is 1.33. The van der Waals surface area contributed by atoms with Crippen molar-refractivity contribution in [1.82, 2.24) is 9.38 Å². The molecule has 76 valence electrons. The van der Waals surface area contributed by atoms with Crippen molar-refractivity contribution in [3.63, 3.8) is 0 Å². The Morgan fingerprint density at radius 2 is 2.27 bits per heavy atom. The smallest absolute Gasteiger partial charge is 0.308 e. The van der Waals surface area contributed by atoms with E-state index in [2.05, 4.69) is 4.98 Å². The van der Waals surface area contributed by atoms with Crippen molar-refractivity contribution in [1.29, 1.82) is 0 Å². The summed E-state index contributed by atoms with van der Waals surface area (Å²) in [4.78, 5) is 26.2. The second-order valence-electron chi connectivity index (χ2n) is 3.09. The van der Waals surface area contributed by atoms with E-state index >= 15 is 0 Å². The van der Waals surface area contributed by atoms with Gasteiger partial charge in [0.25, 0.3) is 5.56 Å². The molecule has 0 atom stereocenters. The van der Waals surface area contributed by atoms with Gasteiger partial charge in [0.1, 0.15) is 5.65 Å². The van der Waals surface area contributed by atoms with Crippen molar-refractivity contribution >= 4 is 11.6 Å². The number of hydrogen-bond acceptors (Lipinski definition) is 3. The van der Waals surface area contributed by atoms with Crippen molar-refractivity contribution in [2.45, 2.75) is 6.42 Å². The molecular weight excluding hydrogens is 196 g/mol. The van der Waals surface area contributed by atoms with Gasteiger partial charge in [-0.15, -0.1) is 0 Å². The van der Waals surface area contributed by atoms with Gasteiger partial charge in [-0.3, -0.25) is 14.0 Å². The molecule has 0 saturated carbocycles. The van der Waals surface area contributed by atoms with Crippen molar-refractivity contribution in [3.8, 4) is 0 Å². The van der Waals surface area contributed by atoms with E-state index in [0.29, 0.717) is 5.65 Å². The van der Waals surface area contributed by atoms with Gasteiger partial charge in [0.05, 0.1) is 6.42 Å². The zero-order valence-corrected chi connectivity index (χ0v) is 7.75. The van der Waals surface area contributed by atoms with E-state index in [1.165, 1.54) is 10.6 Å². The Bertz CT molecular complexity index is 574. The first kappa shape index (κ1) is 9.39. The van der Waals surface area contributed by atoms with Crippen LogP contribution in [0, 0.1) is 0 Å². The highest BCUT2D eigenvalue weighted by Crippen LogP contribution is 1.97. The number of carbonyl (C=O) groups is 1. The van der Waals surface area contributed by atoms with Crippen LogP contribution >= 0.6 is 0 Å². The van der Waals surface area contributed by atoms with Gasteiger partial charge in [-0.2, -0.15) is 0 Å². The summed E-state index contributed by atoms with van der Waals surface area (Å²) in [7, 11) is 0. The first-order valence-corrected chi connectivity index (χ1v) is 4.35. The topological polar surface area (TPSA) is 71.7 Å². The maximum atomic E-state index is 11.7. The van der Waals surface area contributed by atoms with Crippen LogP contribution in [0.4, 0.5) is 0 Å². The molecule has 5 nitrogen and oxygen atoms in total. The summed E-state index contributed by atoms with van der Waals surface area (Å²) in [6, 6.07) is 5.14. The highest BCUT2D eigenvalue weighted by molar-refractivity contribution is 5.70. The molecule has 2 aromatic heterocycles. The zero-order chi connectivity index (χ0) is 10.8. The molecule has 0 radical (unpaired) electrons. The third kappa shape index (κ3) is 1.71. The van der Waals surface area contributed by atoms with E-state index in [1.54, 1.807) is 24.4 Å². The summed E-state index contributed by atoms with van der Waals surface area (Å²) in [6.07, 6.45) is 2.57. The molecule has 2 heterocycles. The van der Waals surface area contributed by atoms with Crippen LogP contribution in [-0.4, -0.2) is 20.5 Å². The number of fused-ring (bicyclic) bond motifs is 1. The largest absolute Gasteiger partial charge is 0.481 e. The van der Waals surface area contributed by atoms with Crippen LogP contribution in [0.25, 0.3) is 5.65 Å². The van der Waals surface area contributed by atoms with Gasteiger partial charge in [0.15, 0.2) is 0 Å². The Morgan fingerprint density at radius 1 is 1.47 bits per heavy atom. The number of pyridine rings is 1. The monoisotopic (exact) mass is 204 g/mol. The van der Waals surface area contributed by atoms with Crippen LogP contribution in [-0.2, 0) is 11.2 Å². The molecule has 0 unspecified atom stereocenters. The summed E-state index contributed by atoms with van der Waals surface area (Å²) in [5.74, 6) is -1.04.